The van der Waals surface area contributed by atoms with E-state index in [0.29, 0.717) is 28.2 Å². The summed E-state index contributed by atoms with van der Waals surface area (Å²) in [6, 6.07) is 12.3. The van der Waals surface area contributed by atoms with Crippen LogP contribution in [0.15, 0.2) is 57.7 Å². The molecule has 0 aliphatic carbocycles. The van der Waals surface area contributed by atoms with Gasteiger partial charge in [-0.15, -0.1) is 0 Å². The minimum Gasteiger partial charge on any atom is -0.507 e. The Morgan fingerprint density at radius 3 is 2.36 bits per heavy atom. The van der Waals surface area contributed by atoms with Gasteiger partial charge >= 0.3 is 5.97 Å². The fraction of sp³-hybridized carbons (Fsp3) is 0.185. The van der Waals surface area contributed by atoms with Crippen molar-refractivity contribution in [1.29, 1.82) is 0 Å². The van der Waals surface area contributed by atoms with Crippen molar-refractivity contribution in [2.24, 2.45) is 0 Å². The maximum absolute atomic E-state index is 13.2. The van der Waals surface area contributed by atoms with E-state index in [1.165, 1.54) is 39.5 Å². The molecule has 3 aromatic carbocycles. The molecule has 1 aromatic heterocycles. The summed E-state index contributed by atoms with van der Waals surface area (Å²) in [5, 5.41) is 20.8. The van der Waals surface area contributed by atoms with E-state index in [-0.39, 0.29) is 46.1 Å². The number of benzene rings is 3. The Kier molecular flexibility index (Phi) is 5.68. The van der Waals surface area contributed by atoms with Gasteiger partial charge in [-0.3, -0.25) is 9.59 Å². The van der Waals surface area contributed by atoms with Gasteiger partial charge in [-0.05, 0) is 24.3 Å². The van der Waals surface area contributed by atoms with Crippen LogP contribution in [0.4, 0.5) is 0 Å². The maximum Gasteiger partial charge on any atom is 0.312 e. The first kappa shape index (κ1) is 23.1. The van der Waals surface area contributed by atoms with E-state index in [4.69, 9.17) is 23.4 Å². The third-order valence-corrected chi connectivity index (χ3v) is 6.20. The van der Waals surface area contributed by atoms with Crippen molar-refractivity contribution in [2.45, 2.75) is 12.3 Å². The lowest BCUT2D eigenvalue weighted by atomic mass is 9.84. The topological polar surface area (TPSA) is 125 Å². The number of ether oxygens (including phenoxy) is 4. The third-order valence-electron chi connectivity index (χ3n) is 6.20. The molecule has 9 heteroatoms. The zero-order valence-corrected chi connectivity index (χ0v) is 19.7. The largest absolute Gasteiger partial charge is 0.507 e. The molecule has 0 spiro atoms. The van der Waals surface area contributed by atoms with Gasteiger partial charge in [-0.25, -0.2) is 0 Å². The van der Waals surface area contributed by atoms with Gasteiger partial charge in [0, 0.05) is 34.7 Å². The zero-order valence-electron chi connectivity index (χ0n) is 19.7. The van der Waals surface area contributed by atoms with Gasteiger partial charge in [0.25, 0.3) is 0 Å². The molecule has 0 radical (unpaired) electrons. The van der Waals surface area contributed by atoms with E-state index >= 15 is 0 Å². The Bertz CT molecular complexity index is 1570. The molecule has 0 fully saturated rings. The molecule has 0 saturated heterocycles. The molecule has 5 rings (SSSR count). The average molecular weight is 490 g/mol. The SMILES string of the molecule is COc1ccc(-c2cc(=O)c3c(O)cc4c(c3o2)[C@H](c2cccc(OC)c2OC)CC(=O)O4)cc1O. The molecule has 0 amide bonds. The summed E-state index contributed by atoms with van der Waals surface area (Å²) in [6.45, 7) is 0. The number of fused-ring (bicyclic) bond motifs is 3. The highest BCUT2D eigenvalue weighted by Crippen LogP contribution is 2.49. The number of carbonyl (C=O) groups is 1. The zero-order chi connectivity index (χ0) is 25.6. The molecule has 0 bridgehead atoms. The van der Waals surface area contributed by atoms with Crippen molar-refractivity contribution < 1.29 is 38.4 Å². The van der Waals surface area contributed by atoms with Crippen molar-refractivity contribution >= 4 is 16.9 Å². The number of esters is 1. The summed E-state index contributed by atoms with van der Waals surface area (Å²) >= 11 is 0. The van der Waals surface area contributed by atoms with Crippen LogP contribution in [0.25, 0.3) is 22.3 Å². The Hall–Kier alpha value is -4.66. The number of hydrogen-bond donors (Lipinski definition) is 2. The monoisotopic (exact) mass is 490 g/mol. The second kappa shape index (κ2) is 8.84. The van der Waals surface area contributed by atoms with Gasteiger partial charge in [0.05, 0.1) is 27.8 Å². The number of hydrogen-bond acceptors (Lipinski definition) is 9. The lowest BCUT2D eigenvalue weighted by Gasteiger charge is -2.27. The van der Waals surface area contributed by atoms with E-state index in [1.807, 2.05) is 0 Å². The second-order valence-electron chi connectivity index (χ2n) is 8.19. The van der Waals surface area contributed by atoms with E-state index in [1.54, 1.807) is 30.3 Å². The fourth-order valence-corrected chi connectivity index (χ4v) is 4.60. The van der Waals surface area contributed by atoms with Gasteiger partial charge in [-0.1, -0.05) is 12.1 Å². The van der Waals surface area contributed by atoms with Gasteiger partial charge in [0.2, 0.25) is 0 Å². The summed E-state index contributed by atoms with van der Waals surface area (Å²) < 4.78 is 27.7. The highest BCUT2D eigenvalue weighted by atomic mass is 16.5. The van der Waals surface area contributed by atoms with Crippen LogP contribution in [0.1, 0.15) is 23.5 Å². The van der Waals surface area contributed by atoms with Gasteiger partial charge in [0.1, 0.15) is 28.2 Å². The predicted molar refractivity (Wildman–Crippen MR) is 129 cm³/mol. The van der Waals surface area contributed by atoms with Crippen molar-refractivity contribution in [2.75, 3.05) is 21.3 Å². The molecular formula is C27H22O9. The second-order valence-corrected chi connectivity index (χ2v) is 8.19. The fourth-order valence-electron chi connectivity index (χ4n) is 4.60. The van der Waals surface area contributed by atoms with Crippen molar-refractivity contribution in [3.8, 4) is 45.8 Å². The summed E-state index contributed by atoms with van der Waals surface area (Å²) in [7, 11) is 4.43. The molecule has 184 valence electrons. The van der Waals surface area contributed by atoms with Gasteiger partial charge < -0.3 is 33.6 Å². The number of para-hydroxylation sites is 1. The number of rotatable bonds is 5. The van der Waals surface area contributed by atoms with E-state index < -0.39 is 17.3 Å². The van der Waals surface area contributed by atoms with Crippen LogP contribution in [0.5, 0.6) is 34.5 Å². The van der Waals surface area contributed by atoms with Crippen LogP contribution in [0.2, 0.25) is 0 Å². The molecule has 1 aliphatic rings. The van der Waals surface area contributed by atoms with E-state index in [0.717, 1.165) is 0 Å². The van der Waals surface area contributed by atoms with Crippen LogP contribution in [-0.4, -0.2) is 37.5 Å². The summed E-state index contributed by atoms with van der Waals surface area (Å²) in [5.41, 5.74) is 0.996. The van der Waals surface area contributed by atoms with Gasteiger partial charge in [-0.2, -0.15) is 0 Å². The van der Waals surface area contributed by atoms with Crippen LogP contribution in [0.3, 0.4) is 0 Å². The Labute approximate surface area is 205 Å². The molecule has 0 unspecified atom stereocenters. The number of aromatic hydroxyl groups is 2. The van der Waals surface area contributed by atoms with Gasteiger partial charge in [0.15, 0.2) is 28.4 Å². The van der Waals surface area contributed by atoms with Crippen molar-refractivity contribution in [3.63, 3.8) is 0 Å². The normalized spacial score (nSPS) is 14.8. The van der Waals surface area contributed by atoms with Crippen molar-refractivity contribution in [1.82, 2.24) is 0 Å². The standard InChI is InChI=1S/C27H22O9/c1-32-19-8-7-13(9-16(19)28)21-11-17(29)25-18(30)12-22-24(27(25)36-21)15(10-23(31)35-22)14-5-4-6-20(33-2)26(14)34-3/h4-9,11-12,15,28,30H,10H2,1-3H3/t15-/m0/s1. The molecule has 2 N–H and O–H groups in total. The number of methoxy groups -OCH3 is 3. The number of phenols is 2. The lowest BCUT2D eigenvalue weighted by molar-refractivity contribution is -0.135. The van der Waals surface area contributed by atoms with E-state index in [2.05, 4.69) is 0 Å². The first-order valence-corrected chi connectivity index (χ1v) is 11.0. The minimum atomic E-state index is -0.628. The van der Waals surface area contributed by atoms with Crippen LogP contribution in [0, 0.1) is 0 Å². The molecule has 1 aliphatic heterocycles. The van der Waals surface area contributed by atoms with E-state index in [9.17, 15) is 19.8 Å². The predicted octanol–water partition coefficient (Wildman–Crippen LogP) is 4.34. The highest BCUT2D eigenvalue weighted by molar-refractivity contribution is 5.93. The molecular weight excluding hydrogens is 468 g/mol. The summed E-state index contributed by atoms with van der Waals surface area (Å²) in [6.07, 6.45) is -0.0618. The lowest BCUT2D eigenvalue weighted by Crippen LogP contribution is -2.22. The summed E-state index contributed by atoms with van der Waals surface area (Å²) in [5.74, 6) is -0.299. The minimum absolute atomic E-state index is 0.0555. The first-order valence-electron chi connectivity index (χ1n) is 11.0. The number of carbonyl (C=O) groups excluding carboxylic acids is 1. The van der Waals surface area contributed by atoms with Crippen molar-refractivity contribution in [3.05, 3.63) is 69.9 Å². The Morgan fingerprint density at radius 1 is 0.889 bits per heavy atom. The third kappa shape index (κ3) is 3.65. The highest BCUT2D eigenvalue weighted by Gasteiger charge is 2.35. The smallest absolute Gasteiger partial charge is 0.312 e. The molecule has 1 atom stereocenters. The maximum atomic E-state index is 13.2. The molecule has 9 nitrogen and oxygen atoms in total. The van der Waals surface area contributed by atoms with Crippen LogP contribution in [-0.2, 0) is 4.79 Å². The molecule has 4 aromatic rings. The van der Waals surface area contributed by atoms with Crippen LogP contribution >= 0.6 is 0 Å². The number of phenolic OH excluding ortho intramolecular Hbond substituents is 2. The van der Waals surface area contributed by atoms with Crippen LogP contribution < -0.4 is 24.4 Å². The molecule has 2 heterocycles. The quantitative estimate of drug-likeness (QED) is 0.310. The summed E-state index contributed by atoms with van der Waals surface area (Å²) in [4.78, 5) is 25.7. The Balaban J connectivity index is 1.81. The molecule has 0 saturated carbocycles. The molecule has 36 heavy (non-hydrogen) atoms. The Morgan fingerprint density at radius 2 is 1.67 bits per heavy atom. The average Bonchev–Trinajstić information content (AvgIpc) is 2.86. The first-order chi connectivity index (χ1) is 17.4.